The molecule has 1 saturated carbocycles. The van der Waals surface area contributed by atoms with Gasteiger partial charge in [-0.2, -0.15) is 0 Å². The molecule has 0 heterocycles. The second-order valence-electron chi connectivity index (χ2n) is 2.88. The molecule has 2 heteroatoms. The Morgan fingerprint density at radius 1 is 0.900 bits per heavy atom. The summed E-state index contributed by atoms with van der Waals surface area (Å²) in [5, 5.41) is 0. The van der Waals surface area contributed by atoms with Crippen LogP contribution in [-0.2, 0) is 9.59 Å². The van der Waals surface area contributed by atoms with Crippen molar-refractivity contribution in [3.63, 3.8) is 0 Å². The summed E-state index contributed by atoms with van der Waals surface area (Å²) in [5.74, 6) is 0.0394. The fraction of sp³-hybridized carbons (Fsp3) is 0.750. The van der Waals surface area contributed by atoms with E-state index in [0.717, 1.165) is 38.3 Å². The van der Waals surface area contributed by atoms with Gasteiger partial charge in [-0.15, -0.1) is 0 Å². The van der Waals surface area contributed by atoms with Gasteiger partial charge >= 0.3 is 0 Å². The van der Waals surface area contributed by atoms with Crippen LogP contribution in [0.2, 0.25) is 0 Å². The van der Waals surface area contributed by atoms with Crippen LogP contribution < -0.4 is 0 Å². The topological polar surface area (TPSA) is 34.1 Å². The van der Waals surface area contributed by atoms with Crippen LogP contribution >= 0.6 is 0 Å². The van der Waals surface area contributed by atoms with Gasteiger partial charge in [0.05, 0.1) is 0 Å². The second-order valence-corrected chi connectivity index (χ2v) is 2.88. The molecule has 1 aliphatic carbocycles. The highest BCUT2D eigenvalue weighted by Crippen LogP contribution is 2.26. The molecule has 0 aromatic rings. The minimum atomic E-state index is 0.0197. The maximum Gasteiger partial charge on any atom is 0.123 e. The Kier molecular flexibility index (Phi) is 2.60. The summed E-state index contributed by atoms with van der Waals surface area (Å²) in [6, 6.07) is 0. The highest BCUT2D eigenvalue weighted by Gasteiger charge is 2.23. The highest BCUT2D eigenvalue weighted by atomic mass is 16.1. The van der Waals surface area contributed by atoms with Crippen LogP contribution in [0.4, 0.5) is 0 Å². The van der Waals surface area contributed by atoms with E-state index >= 15 is 0 Å². The molecule has 1 rings (SSSR count). The molecule has 0 aromatic carbocycles. The molecule has 0 amide bonds. The van der Waals surface area contributed by atoms with Crippen molar-refractivity contribution < 1.29 is 9.59 Å². The van der Waals surface area contributed by atoms with Gasteiger partial charge < -0.3 is 9.59 Å². The van der Waals surface area contributed by atoms with E-state index in [0.29, 0.717) is 0 Å². The predicted octanol–water partition coefficient (Wildman–Crippen LogP) is 1.19. The van der Waals surface area contributed by atoms with Crippen molar-refractivity contribution in [2.45, 2.75) is 25.7 Å². The summed E-state index contributed by atoms with van der Waals surface area (Å²) in [6.45, 7) is 0. The summed E-state index contributed by atoms with van der Waals surface area (Å²) >= 11 is 0. The fourth-order valence-electron chi connectivity index (χ4n) is 1.53. The van der Waals surface area contributed by atoms with Crippen molar-refractivity contribution in [3.05, 3.63) is 0 Å². The number of carbonyl (C=O) groups excluding carboxylic acids is 2. The van der Waals surface area contributed by atoms with E-state index in [2.05, 4.69) is 0 Å². The zero-order valence-electron chi connectivity index (χ0n) is 5.95. The Labute approximate surface area is 60.6 Å². The standard InChI is InChI=1S/C8H12O2/c9-5-7-3-1-2-4-8(7)6-10/h5-8H,1-4H2/t7-,8?/m0/s1. The van der Waals surface area contributed by atoms with Crippen LogP contribution in [0, 0.1) is 11.8 Å². The second kappa shape index (κ2) is 3.49. The Morgan fingerprint density at radius 3 is 1.60 bits per heavy atom. The Morgan fingerprint density at radius 2 is 1.30 bits per heavy atom. The van der Waals surface area contributed by atoms with Gasteiger partial charge in [-0.25, -0.2) is 0 Å². The Hall–Kier alpha value is -0.660. The third kappa shape index (κ3) is 1.43. The monoisotopic (exact) mass is 140 g/mol. The lowest BCUT2D eigenvalue weighted by molar-refractivity contribution is -0.120. The summed E-state index contributed by atoms with van der Waals surface area (Å²) < 4.78 is 0. The fourth-order valence-corrected chi connectivity index (χ4v) is 1.53. The van der Waals surface area contributed by atoms with Gasteiger partial charge in [-0.3, -0.25) is 0 Å². The Balaban J connectivity index is 2.49. The first-order valence-corrected chi connectivity index (χ1v) is 3.79. The molecule has 2 atom stereocenters. The largest absolute Gasteiger partial charge is 0.303 e. The molecule has 1 fully saturated rings. The number of carbonyl (C=O) groups is 2. The number of hydrogen-bond acceptors (Lipinski definition) is 2. The molecule has 0 N–H and O–H groups in total. The molecule has 10 heavy (non-hydrogen) atoms. The highest BCUT2D eigenvalue weighted by molar-refractivity contribution is 5.64. The number of hydrogen-bond donors (Lipinski definition) is 0. The van der Waals surface area contributed by atoms with Gasteiger partial charge in [0.25, 0.3) is 0 Å². The molecule has 0 saturated heterocycles. The minimum Gasteiger partial charge on any atom is -0.303 e. The summed E-state index contributed by atoms with van der Waals surface area (Å²) in [4.78, 5) is 20.7. The molecule has 1 unspecified atom stereocenters. The van der Waals surface area contributed by atoms with Gasteiger partial charge in [0.15, 0.2) is 0 Å². The molecule has 56 valence electrons. The van der Waals surface area contributed by atoms with Gasteiger partial charge in [0.2, 0.25) is 0 Å². The predicted molar refractivity (Wildman–Crippen MR) is 37.6 cm³/mol. The first-order valence-electron chi connectivity index (χ1n) is 3.79. The molecule has 2 nitrogen and oxygen atoms in total. The minimum absolute atomic E-state index is 0.0197. The lowest BCUT2D eigenvalue weighted by atomic mass is 9.81. The van der Waals surface area contributed by atoms with Crippen LogP contribution in [0.25, 0.3) is 0 Å². The van der Waals surface area contributed by atoms with Crippen molar-refractivity contribution in [1.82, 2.24) is 0 Å². The molecule has 0 aliphatic heterocycles. The van der Waals surface area contributed by atoms with Crippen LogP contribution in [0.3, 0.4) is 0 Å². The SMILES string of the molecule is O=CC1CCCC[C@H]1C=O. The first-order chi connectivity index (χ1) is 4.88. The van der Waals surface area contributed by atoms with Crippen molar-refractivity contribution in [2.24, 2.45) is 11.8 Å². The quantitative estimate of drug-likeness (QED) is 0.540. The van der Waals surface area contributed by atoms with Crippen molar-refractivity contribution >= 4 is 12.6 Å². The maximum atomic E-state index is 10.4. The zero-order chi connectivity index (χ0) is 7.40. The van der Waals surface area contributed by atoms with Crippen molar-refractivity contribution in [3.8, 4) is 0 Å². The molecule has 0 radical (unpaired) electrons. The van der Waals surface area contributed by atoms with Crippen molar-refractivity contribution in [1.29, 1.82) is 0 Å². The molecular formula is C8H12O2. The first kappa shape index (κ1) is 7.45. The Bertz CT molecular complexity index is 115. The molecule has 0 bridgehead atoms. The summed E-state index contributed by atoms with van der Waals surface area (Å²) in [6.07, 6.45) is 5.89. The third-order valence-corrected chi connectivity index (χ3v) is 2.22. The van der Waals surface area contributed by atoms with Crippen molar-refractivity contribution in [2.75, 3.05) is 0 Å². The van der Waals surface area contributed by atoms with Crippen LogP contribution in [0.1, 0.15) is 25.7 Å². The van der Waals surface area contributed by atoms with E-state index in [1.165, 1.54) is 0 Å². The van der Waals surface area contributed by atoms with Gasteiger partial charge in [-0.1, -0.05) is 12.8 Å². The van der Waals surface area contributed by atoms with Gasteiger partial charge in [0.1, 0.15) is 12.6 Å². The van der Waals surface area contributed by atoms with Crippen LogP contribution in [-0.4, -0.2) is 12.6 Å². The van der Waals surface area contributed by atoms with E-state index < -0.39 is 0 Å². The summed E-state index contributed by atoms with van der Waals surface area (Å²) in [7, 11) is 0. The smallest absolute Gasteiger partial charge is 0.123 e. The number of aldehydes is 2. The third-order valence-electron chi connectivity index (χ3n) is 2.22. The molecular weight excluding hydrogens is 128 g/mol. The maximum absolute atomic E-state index is 10.4. The average Bonchev–Trinajstić information content (AvgIpc) is 2.04. The molecule has 1 aliphatic rings. The van der Waals surface area contributed by atoms with E-state index in [-0.39, 0.29) is 11.8 Å². The van der Waals surface area contributed by atoms with E-state index in [4.69, 9.17) is 0 Å². The van der Waals surface area contributed by atoms with Gasteiger partial charge in [-0.05, 0) is 12.8 Å². The number of rotatable bonds is 2. The van der Waals surface area contributed by atoms with Gasteiger partial charge in [0, 0.05) is 11.8 Å². The van der Waals surface area contributed by atoms with E-state index in [1.807, 2.05) is 0 Å². The van der Waals surface area contributed by atoms with E-state index in [1.54, 1.807) is 0 Å². The average molecular weight is 140 g/mol. The lowest BCUT2D eigenvalue weighted by Gasteiger charge is -2.22. The zero-order valence-corrected chi connectivity index (χ0v) is 5.95. The summed E-state index contributed by atoms with van der Waals surface area (Å²) in [5.41, 5.74) is 0. The lowest BCUT2D eigenvalue weighted by Crippen LogP contribution is -2.21. The van der Waals surface area contributed by atoms with Crippen LogP contribution in [0.5, 0.6) is 0 Å². The van der Waals surface area contributed by atoms with E-state index in [9.17, 15) is 9.59 Å². The van der Waals surface area contributed by atoms with Crippen LogP contribution in [0.15, 0.2) is 0 Å². The normalized spacial score (nSPS) is 33.2. The molecule has 0 aromatic heterocycles. The molecule has 0 spiro atoms.